The fourth-order valence-electron chi connectivity index (χ4n) is 2.73. The summed E-state index contributed by atoms with van der Waals surface area (Å²) in [6, 6.07) is 6.44. The summed E-state index contributed by atoms with van der Waals surface area (Å²) in [7, 11) is 0. The quantitative estimate of drug-likeness (QED) is 0.853. The van der Waals surface area contributed by atoms with E-state index in [4.69, 9.17) is 5.73 Å². The summed E-state index contributed by atoms with van der Waals surface area (Å²) in [4.78, 5) is 11.2. The first-order valence-electron chi connectivity index (χ1n) is 6.65. The van der Waals surface area contributed by atoms with Crippen LogP contribution in [0.2, 0.25) is 0 Å². The van der Waals surface area contributed by atoms with Crippen molar-refractivity contribution in [1.82, 2.24) is 5.32 Å². The number of nitrogens with one attached hydrogen (secondary N) is 1. The van der Waals surface area contributed by atoms with Crippen LogP contribution in [0.5, 0.6) is 0 Å². The molecule has 18 heavy (non-hydrogen) atoms. The van der Waals surface area contributed by atoms with E-state index in [1.165, 1.54) is 16.7 Å². The van der Waals surface area contributed by atoms with Gasteiger partial charge in [-0.05, 0) is 56.7 Å². The number of amides is 1. The number of benzene rings is 1. The largest absolute Gasteiger partial charge is 0.368 e. The molecule has 2 rings (SSSR count). The van der Waals surface area contributed by atoms with Crippen LogP contribution >= 0.6 is 0 Å². The first-order chi connectivity index (χ1) is 8.56. The highest BCUT2D eigenvalue weighted by Gasteiger charge is 2.25. The Balaban J connectivity index is 2.04. The number of primary amides is 1. The highest BCUT2D eigenvalue weighted by molar-refractivity contribution is 5.79. The van der Waals surface area contributed by atoms with E-state index >= 15 is 0 Å². The Morgan fingerprint density at radius 2 is 2.22 bits per heavy atom. The van der Waals surface area contributed by atoms with Gasteiger partial charge in [-0.1, -0.05) is 23.8 Å². The van der Waals surface area contributed by atoms with E-state index in [9.17, 15) is 4.79 Å². The summed E-state index contributed by atoms with van der Waals surface area (Å²) in [5.74, 6) is 0.338. The summed E-state index contributed by atoms with van der Waals surface area (Å²) in [6.45, 7) is 5.17. The van der Waals surface area contributed by atoms with Crippen molar-refractivity contribution >= 4 is 5.91 Å². The van der Waals surface area contributed by atoms with Crippen LogP contribution in [0.15, 0.2) is 18.2 Å². The van der Waals surface area contributed by atoms with E-state index in [0.29, 0.717) is 5.92 Å². The lowest BCUT2D eigenvalue weighted by Gasteiger charge is -2.29. The molecule has 3 heteroatoms. The maximum atomic E-state index is 11.2. The topological polar surface area (TPSA) is 55.1 Å². The minimum Gasteiger partial charge on any atom is -0.368 e. The maximum Gasteiger partial charge on any atom is 0.234 e. The van der Waals surface area contributed by atoms with Crippen LogP contribution in [0, 0.1) is 19.8 Å². The van der Waals surface area contributed by atoms with Crippen LogP contribution in [0.4, 0.5) is 0 Å². The summed E-state index contributed by atoms with van der Waals surface area (Å²) in [5, 5.41) is 3.19. The minimum absolute atomic E-state index is 0.145. The minimum atomic E-state index is -0.222. The zero-order valence-corrected chi connectivity index (χ0v) is 11.2. The molecule has 0 aromatic heterocycles. The molecule has 1 aromatic carbocycles. The Morgan fingerprint density at radius 1 is 1.44 bits per heavy atom. The van der Waals surface area contributed by atoms with Gasteiger partial charge in [0, 0.05) is 0 Å². The molecule has 2 unspecified atom stereocenters. The number of carbonyl (C=O) groups is 1. The second-order valence-electron chi connectivity index (χ2n) is 5.43. The number of hydrogen-bond acceptors (Lipinski definition) is 2. The van der Waals surface area contributed by atoms with Crippen LogP contribution in [0.3, 0.4) is 0 Å². The molecule has 1 heterocycles. The molecule has 1 amide bonds. The first kappa shape index (κ1) is 13.1. The van der Waals surface area contributed by atoms with Gasteiger partial charge in [0.2, 0.25) is 5.91 Å². The highest BCUT2D eigenvalue weighted by atomic mass is 16.1. The monoisotopic (exact) mass is 246 g/mol. The van der Waals surface area contributed by atoms with Crippen molar-refractivity contribution < 1.29 is 4.79 Å². The Kier molecular flexibility index (Phi) is 4.02. The van der Waals surface area contributed by atoms with Crippen LogP contribution in [0.1, 0.15) is 29.5 Å². The van der Waals surface area contributed by atoms with Crippen LogP contribution in [-0.4, -0.2) is 18.5 Å². The number of hydrogen-bond donors (Lipinski definition) is 2. The number of nitrogens with two attached hydrogens (primary N) is 1. The van der Waals surface area contributed by atoms with E-state index in [1.807, 2.05) is 0 Å². The number of aryl methyl sites for hydroxylation is 2. The molecular formula is C15H22N2O. The van der Waals surface area contributed by atoms with Crippen LogP contribution in [0.25, 0.3) is 0 Å². The Labute approximate surface area is 109 Å². The van der Waals surface area contributed by atoms with Gasteiger partial charge >= 0.3 is 0 Å². The lowest BCUT2D eigenvalue weighted by Crippen LogP contribution is -2.47. The molecular weight excluding hydrogens is 224 g/mol. The van der Waals surface area contributed by atoms with Crippen molar-refractivity contribution in [3.63, 3.8) is 0 Å². The van der Waals surface area contributed by atoms with Crippen molar-refractivity contribution in [1.29, 1.82) is 0 Å². The van der Waals surface area contributed by atoms with Crippen molar-refractivity contribution in [2.45, 2.75) is 39.2 Å². The van der Waals surface area contributed by atoms with Gasteiger partial charge in [-0.2, -0.15) is 0 Å². The van der Waals surface area contributed by atoms with E-state index < -0.39 is 0 Å². The van der Waals surface area contributed by atoms with E-state index in [-0.39, 0.29) is 11.9 Å². The van der Waals surface area contributed by atoms with Crippen LogP contribution < -0.4 is 11.1 Å². The predicted octanol–water partition coefficient (Wildman–Crippen LogP) is 1.70. The molecule has 0 saturated carbocycles. The van der Waals surface area contributed by atoms with Crippen LogP contribution in [-0.2, 0) is 11.2 Å². The van der Waals surface area contributed by atoms with Gasteiger partial charge in [0.15, 0.2) is 0 Å². The smallest absolute Gasteiger partial charge is 0.234 e. The van der Waals surface area contributed by atoms with Crippen molar-refractivity contribution in [3.05, 3.63) is 34.9 Å². The summed E-state index contributed by atoms with van der Waals surface area (Å²) in [5.41, 5.74) is 9.43. The molecule has 3 N–H and O–H groups in total. The van der Waals surface area contributed by atoms with Gasteiger partial charge in [-0.15, -0.1) is 0 Å². The molecule has 0 radical (unpaired) electrons. The molecule has 2 atom stereocenters. The molecule has 0 bridgehead atoms. The first-order valence-corrected chi connectivity index (χ1v) is 6.65. The Morgan fingerprint density at radius 3 is 2.94 bits per heavy atom. The molecule has 1 saturated heterocycles. The lowest BCUT2D eigenvalue weighted by molar-refractivity contribution is -0.120. The zero-order valence-electron chi connectivity index (χ0n) is 11.2. The average molecular weight is 246 g/mol. The summed E-state index contributed by atoms with van der Waals surface area (Å²) < 4.78 is 0. The SMILES string of the molecule is Cc1ccc(C)c(CC2CCNC(C(N)=O)C2)c1. The second-order valence-corrected chi connectivity index (χ2v) is 5.43. The molecule has 1 fully saturated rings. The van der Waals surface area contributed by atoms with Gasteiger partial charge in [0.05, 0.1) is 6.04 Å². The van der Waals surface area contributed by atoms with E-state index in [2.05, 4.69) is 37.4 Å². The zero-order chi connectivity index (χ0) is 13.1. The van der Waals surface area contributed by atoms with Gasteiger partial charge in [0.1, 0.15) is 0 Å². The number of rotatable bonds is 3. The molecule has 1 aliphatic heterocycles. The molecule has 0 spiro atoms. The third-order valence-electron chi connectivity index (χ3n) is 3.87. The van der Waals surface area contributed by atoms with Crippen molar-refractivity contribution in [2.75, 3.05) is 6.54 Å². The molecule has 1 aromatic rings. The number of piperidine rings is 1. The van der Waals surface area contributed by atoms with Crippen molar-refractivity contribution in [2.24, 2.45) is 11.7 Å². The Hall–Kier alpha value is -1.35. The molecule has 0 aliphatic carbocycles. The maximum absolute atomic E-state index is 11.2. The highest BCUT2D eigenvalue weighted by Crippen LogP contribution is 2.23. The fourth-order valence-corrected chi connectivity index (χ4v) is 2.73. The summed E-state index contributed by atoms with van der Waals surface area (Å²) >= 11 is 0. The summed E-state index contributed by atoms with van der Waals surface area (Å²) in [6.07, 6.45) is 3.04. The van der Waals surface area contributed by atoms with Gasteiger partial charge in [-0.3, -0.25) is 4.79 Å². The normalized spacial score (nSPS) is 23.9. The number of carbonyl (C=O) groups excluding carboxylic acids is 1. The van der Waals surface area contributed by atoms with Gasteiger partial charge in [-0.25, -0.2) is 0 Å². The fraction of sp³-hybridized carbons (Fsp3) is 0.533. The Bertz CT molecular complexity index is 442. The van der Waals surface area contributed by atoms with Gasteiger partial charge in [0.25, 0.3) is 0 Å². The van der Waals surface area contributed by atoms with E-state index in [1.54, 1.807) is 0 Å². The third kappa shape index (κ3) is 3.10. The molecule has 1 aliphatic rings. The molecule has 98 valence electrons. The standard InChI is InChI=1S/C15H22N2O/c1-10-3-4-11(2)13(7-10)8-12-5-6-17-14(9-12)15(16)18/h3-4,7,12,14,17H,5-6,8-9H2,1-2H3,(H2,16,18). The average Bonchev–Trinajstić information content (AvgIpc) is 2.34. The predicted molar refractivity (Wildman–Crippen MR) is 73.3 cm³/mol. The van der Waals surface area contributed by atoms with Crippen molar-refractivity contribution in [3.8, 4) is 0 Å². The van der Waals surface area contributed by atoms with E-state index in [0.717, 1.165) is 25.8 Å². The molecule has 3 nitrogen and oxygen atoms in total. The second kappa shape index (κ2) is 5.53. The lowest BCUT2D eigenvalue weighted by atomic mass is 9.85. The third-order valence-corrected chi connectivity index (χ3v) is 3.87. The van der Waals surface area contributed by atoms with Gasteiger partial charge < -0.3 is 11.1 Å².